The van der Waals surface area contributed by atoms with E-state index in [-0.39, 0.29) is 0 Å². The maximum atomic E-state index is 11.5. The molecular formula is C19H22O3. The third-order valence-electron chi connectivity index (χ3n) is 3.71. The van der Waals surface area contributed by atoms with Crippen LogP contribution in [-0.2, 0) is 4.79 Å². The van der Waals surface area contributed by atoms with Crippen LogP contribution in [0.2, 0.25) is 0 Å². The molecule has 2 aromatic rings. The van der Waals surface area contributed by atoms with Gasteiger partial charge in [-0.1, -0.05) is 62.4 Å². The lowest BCUT2D eigenvalue weighted by Crippen LogP contribution is -2.15. The van der Waals surface area contributed by atoms with Crippen LogP contribution < -0.4 is 4.74 Å². The van der Waals surface area contributed by atoms with E-state index in [0.29, 0.717) is 18.9 Å². The summed E-state index contributed by atoms with van der Waals surface area (Å²) in [4.78, 5) is 11.5. The summed E-state index contributed by atoms with van der Waals surface area (Å²) in [7, 11) is 0. The minimum atomic E-state index is -0.813. The average Bonchev–Trinajstić information content (AvgIpc) is 2.52. The van der Waals surface area contributed by atoms with Gasteiger partial charge in [0.05, 0.1) is 12.5 Å². The van der Waals surface area contributed by atoms with Gasteiger partial charge in [-0.25, -0.2) is 0 Å². The SMILES string of the molecule is CC(C)c1ccccc1OCCC(C(=O)O)c1ccccc1. The van der Waals surface area contributed by atoms with Crippen molar-refractivity contribution >= 4 is 5.97 Å². The molecule has 3 heteroatoms. The highest BCUT2D eigenvalue weighted by Gasteiger charge is 2.19. The molecule has 1 N–H and O–H groups in total. The first-order valence-corrected chi connectivity index (χ1v) is 7.59. The summed E-state index contributed by atoms with van der Waals surface area (Å²) in [5, 5.41) is 9.41. The number of para-hydroxylation sites is 1. The third-order valence-corrected chi connectivity index (χ3v) is 3.71. The van der Waals surface area contributed by atoms with Crippen molar-refractivity contribution in [2.45, 2.75) is 32.1 Å². The molecule has 2 rings (SSSR count). The zero-order valence-corrected chi connectivity index (χ0v) is 13.0. The van der Waals surface area contributed by atoms with E-state index in [4.69, 9.17) is 4.74 Å². The Morgan fingerprint density at radius 1 is 1.05 bits per heavy atom. The number of benzene rings is 2. The van der Waals surface area contributed by atoms with Crippen LogP contribution in [0.15, 0.2) is 54.6 Å². The molecule has 0 heterocycles. The first-order valence-electron chi connectivity index (χ1n) is 7.59. The summed E-state index contributed by atoms with van der Waals surface area (Å²) in [6.45, 7) is 4.62. The Labute approximate surface area is 131 Å². The largest absolute Gasteiger partial charge is 0.493 e. The van der Waals surface area contributed by atoms with Crippen LogP contribution in [0.1, 0.15) is 43.2 Å². The Bertz CT molecular complexity index is 605. The number of rotatable bonds is 7. The lowest BCUT2D eigenvalue weighted by atomic mass is 9.96. The van der Waals surface area contributed by atoms with Crippen molar-refractivity contribution in [1.82, 2.24) is 0 Å². The van der Waals surface area contributed by atoms with Gasteiger partial charge < -0.3 is 9.84 Å². The molecule has 2 aromatic carbocycles. The minimum Gasteiger partial charge on any atom is -0.493 e. The van der Waals surface area contributed by atoms with Gasteiger partial charge in [-0.3, -0.25) is 4.79 Å². The fourth-order valence-corrected chi connectivity index (χ4v) is 2.49. The van der Waals surface area contributed by atoms with E-state index in [1.165, 1.54) is 0 Å². The van der Waals surface area contributed by atoms with E-state index < -0.39 is 11.9 Å². The van der Waals surface area contributed by atoms with Crippen molar-refractivity contribution in [2.24, 2.45) is 0 Å². The summed E-state index contributed by atoms with van der Waals surface area (Å²) in [5.41, 5.74) is 1.96. The first kappa shape index (κ1) is 16.1. The highest BCUT2D eigenvalue weighted by atomic mass is 16.5. The summed E-state index contributed by atoms with van der Waals surface area (Å²) < 4.78 is 5.84. The van der Waals surface area contributed by atoms with E-state index in [9.17, 15) is 9.90 Å². The van der Waals surface area contributed by atoms with Crippen LogP contribution in [0.3, 0.4) is 0 Å². The second kappa shape index (κ2) is 7.64. The maximum Gasteiger partial charge on any atom is 0.311 e. The van der Waals surface area contributed by atoms with E-state index in [2.05, 4.69) is 13.8 Å². The summed E-state index contributed by atoms with van der Waals surface area (Å²) in [6, 6.07) is 17.2. The van der Waals surface area contributed by atoms with Crippen molar-refractivity contribution in [3.05, 3.63) is 65.7 Å². The highest BCUT2D eigenvalue weighted by molar-refractivity contribution is 5.76. The van der Waals surface area contributed by atoms with Crippen LogP contribution in [0.25, 0.3) is 0 Å². The summed E-state index contributed by atoms with van der Waals surface area (Å²) in [6.07, 6.45) is 0.450. The van der Waals surface area contributed by atoms with Crippen molar-refractivity contribution < 1.29 is 14.6 Å². The predicted octanol–water partition coefficient (Wildman–Crippen LogP) is 4.45. The Morgan fingerprint density at radius 2 is 1.68 bits per heavy atom. The van der Waals surface area contributed by atoms with Crippen LogP contribution >= 0.6 is 0 Å². The van der Waals surface area contributed by atoms with Crippen molar-refractivity contribution in [3.63, 3.8) is 0 Å². The quantitative estimate of drug-likeness (QED) is 0.821. The third kappa shape index (κ3) is 4.10. The van der Waals surface area contributed by atoms with Gasteiger partial charge >= 0.3 is 5.97 Å². The van der Waals surface area contributed by atoms with Gasteiger partial charge in [0, 0.05) is 0 Å². The topological polar surface area (TPSA) is 46.5 Å². The number of hydrogen-bond acceptors (Lipinski definition) is 2. The summed E-state index contributed by atoms with van der Waals surface area (Å²) >= 11 is 0. The molecule has 0 bridgehead atoms. The molecule has 1 atom stereocenters. The van der Waals surface area contributed by atoms with Gasteiger partial charge in [0.15, 0.2) is 0 Å². The molecule has 116 valence electrons. The molecule has 0 aliphatic carbocycles. The normalized spacial score (nSPS) is 12.1. The van der Waals surface area contributed by atoms with Gasteiger partial charge in [0.25, 0.3) is 0 Å². The van der Waals surface area contributed by atoms with E-state index in [1.807, 2.05) is 54.6 Å². The van der Waals surface area contributed by atoms with Crippen LogP contribution in [0, 0.1) is 0 Å². The summed E-state index contributed by atoms with van der Waals surface area (Å²) in [5.74, 6) is -0.130. The Balaban J connectivity index is 2.01. The molecule has 0 radical (unpaired) electrons. The standard InChI is InChI=1S/C19H22O3/c1-14(2)16-10-6-7-11-18(16)22-13-12-17(19(20)21)15-8-4-3-5-9-15/h3-11,14,17H,12-13H2,1-2H3,(H,20,21). The number of aliphatic carboxylic acids is 1. The zero-order valence-electron chi connectivity index (χ0n) is 13.0. The molecule has 0 amide bonds. The van der Waals surface area contributed by atoms with Gasteiger partial charge in [0.1, 0.15) is 5.75 Å². The first-order chi connectivity index (χ1) is 10.6. The van der Waals surface area contributed by atoms with Crippen molar-refractivity contribution in [2.75, 3.05) is 6.61 Å². The molecule has 0 spiro atoms. The number of carbonyl (C=O) groups is 1. The number of ether oxygens (including phenoxy) is 1. The fraction of sp³-hybridized carbons (Fsp3) is 0.316. The number of hydrogen-bond donors (Lipinski definition) is 1. The molecule has 0 aliphatic rings. The molecule has 1 unspecified atom stereocenters. The van der Waals surface area contributed by atoms with Crippen molar-refractivity contribution in [3.8, 4) is 5.75 Å². The second-order valence-electron chi connectivity index (χ2n) is 5.63. The Hall–Kier alpha value is -2.29. The maximum absolute atomic E-state index is 11.5. The number of carboxylic acid groups (broad SMARTS) is 1. The van der Waals surface area contributed by atoms with Gasteiger partial charge in [-0.05, 0) is 29.5 Å². The predicted molar refractivity (Wildman–Crippen MR) is 87.5 cm³/mol. The van der Waals surface area contributed by atoms with Gasteiger partial charge in [-0.15, -0.1) is 0 Å². The van der Waals surface area contributed by atoms with Crippen LogP contribution in [0.4, 0.5) is 0 Å². The molecular weight excluding hydrogens is 276 g/mol. The second-order valence-corrected chi connectivity index (χ2v) is 5.63. The zero-order chi connectivity index (χ0) is 15.9. The lowest BCUT2D eigenvalue weighted by Gasteiger charge is -2.16. The van der Waals surface area contributed by atoms with E-state index in [0.717, 1.165) is 16.9 Å². The van der Waals surface area contributed by atoms with Crippen LogP contribution in [-0.4, -0.2) is 17.7 Å². The minimum absolute atomic E-state index is 0.376. The smallest absolute Gasteiger partial charge is 0.311 e. The molecule has 0 saturated carbocycles. The molecule has 22 heavy (non-hydrogen) atoms. The molecule has 0 aromatic heterocycles. The van der Waals surface area contributed by atoms with E-state index >= 15 is 0 Å². The monoisotopic (exact) mass is 298 g/mol. The molecule has 0 aliphatic heterocycles. The Morgan fingerprint density at radius 3 is 2.32 bits per heavy atom. The van der Waals surface area contributed by atoms with Gasteiger partial charge in [-0.2, -0.15) is 0 Å². The fourth-order valence-electron chi connectivity index (χ4n) is 2.49. The van der Waals surface area contributed by atoms with E-state index in [1.54, 1.807) is 0 Å². The molecule has 3 nitrogen and oxygen atoms in total. The molecule has 0 saturated heterocycles. The Kier molecular flexibility index (Phi) is 5.59. The highest BCUT2D eigenvalue weighted by Crippen LogP contribution is 2.27. The average molecular weight is 298 g/mol. The van der Waals surface area contributed by atoms with Crippen LogP contribution in [0.5, 0.6) is 5.75 Å². The molecule has 0 fully saturated rings. The van der Waals surface area contributed by atoms with Gasteiger partial charge in [0.2, 0.25) is 0 Å². The van der Waals surface area contributed by atoms with Crippen molar-refractivity contribution in [1.29, 1.82) is 0 Å². The number of carboxylic acids is 1. The lowest BCUT2D eigenvalue weighted by molar-refractivity contribution is -0.139.